The molecule has 0 fully saturated rings. The molecular weight excluding hydrogens is 354 g/mol. The molecule has 1 N–H and O–H groups in total. The van der Waals surface area contributed by atoms with E-state index in [-0.39, 0.29) is 12.3 Å². The zero-order chi connectivity index (χ0) is 19.9. The van der Waals surface area contributed by atoms with Crippen molar-refractivity contribution in [2.24, 2.45) is 0 Å². The number of anilines is 1. The Morgan fingerprint density at radius 2 is 1.57 bits per heavy atom. The Morgan fingerprint density at radius 3 is 2.29 bits per heavy atom. The molecule has 5 nitrogen and oxygen atoms in total. The molecule has 0 spiro atoms. The first-order valence-corrected chi connectivity index (χ1v) is 8.93. The molecule has 28 heavy (non-hydrogen) atoms. The number of ether oxygens (including phenoxy) is 3. The van der Waals surface area contributed by atoms with Gasteiger partial charge in [-0.2, -0.15) is 0 Å². The second kappa shape index (κ2) is 8.95. The zero-order valence-corrected chi connectivity index (χ0v) is 16.2. The van der Waals surface area contributed by atoms with Gasteiger partial charge >= 0.3 is 0 Å². The van der Waals surface area contributed by atoms with Gasteiger partial charge in [-0.05, 0) is 48.9 Å². The van der Waals surface area contributed by atoms with Crippen LogP contribution in [0.3, 0.4) is 0 Å². The van der Waals surface area contributed by atoms with E-state index in [1.165, 1.54) is 0 Å². The van der Waals surface area contributed by atoms with Gasteiger partial charge in [0.2, 0.25) is 5.91 Å². The third-order valence-corrected chi connectivity index (χ3v) is 4.22. The van der Waals surface area contributed by atoms with Crippen LogP contribution in [0.2, 0.25) is 0 Å². The number of nitrogens with one attached hydrogen (secondary N) is 1. The fourth-order valence-electron chi connectivity index (χ4n) is 2.76. The van der Waals surface area contributed by atoms with Gasteiger partial charge in [0.1, 0.15) is 5.75 Å². The predicted octanol–water partition coefficient (Wildman–Crippen LogP) is 4.99. The third kappa shape index (κ3) is 4.82. The highest BCUT2D eigenvalue weighted by Crippen LogP contribution is 2.30. The second-order valence-electron chi connectivity index (χ2n) is 6.33. The Balaban J connectivity index is 1.71. The molecule has 0 bridgehead atoms. The Labute approximate surface area is 164 Å². The minimum Gasteiger partial charge on any atom is -0.493 e. The van der Waals surface area contributed by atoms with Gasteiger partial charge in [-0.25, -0.2) is 0 Å². The number of para-hydroxylation sites is 2. The second-order valence-corrected chi connectivity index (χ2v) is 6.33. The molecule has 0 aliphatic heterocycles. The van der Waals surface area contributed by atoms with Crippen molar-refractivity contribution in [1.29, 1.82) is 0 Å². The Kier molecular flexibility index (Phi) is 6.17. The van der Waals surface area contributed by atoms with Crippen molar-refractivity contribution < 1.29 is 19.0 Å². The molecule has 0 saturated heterocycles. The van der Waals surface area contributed by atoms with Gasteiger partial charge in [0.15, 0.2) is 17.2 Å². The summed E-state index contributed by atoms with van der Waals surface area (Å²) in [5.74, 6) is 2.38. The molecule has 144 valence electrons. The number of hydrogen-bond donors (Lipinski definition) is 1. The highest BCUT2D eigenvalue weighted by Gasteiger charge is 2.11. The van der Waals surface area contributed by atoms with Crippen molar-refractivity contribution in [1.82, 2.24) is 0 Å². The summed E-state index contributed by atoms with van der Waals surface area (Å²) in [5, 5.41) is 2.92. The lowest BCUT2D eigenvalue weighted by molar-refractivity contribution is -0.115. The zero-order valence-electron chi connectivity index (χ0n) is 16.2. The lowest BCUT2D eigenvalue weighted by atomic mass is 10.1. The summed E-state index contributed by atoms with van der Waals surface area (Å²) >= 11 is 0. The Hall–Kier alpha value is -3.47. The van der Waals surface area contributed by atoms with Crippen molar-refractivity contribution >= 4 is 11.6 Å². The normalized spacial score (nSPS) is 10.2. The topological polar surface area (TPSA) is 56.8 Å². The largest absolute Gasteiger partial charge is 0.493 e. The quantitative estimate of drug-likeness (QED) is 0.630. The summed E-state index contributed by atoms with van der Waals surface area (Å²) in [7, 11) is 3.15. The number of aryl methyl sites for hydroxylation is 1. The predicted molar refractivity (Wildman–Crippen MR) is 110 cm³/mol. The summed E-state index contributed by atoms with van der Waals surface area (Å²) < 4.78 is 16.5. The first kappa shape index (κ1) is 19.3. The Bertz CT molecular complexity index is 951. The smallest absolute Gasteiger partial charge is 0.228 e. The van der Waals surface area contributed by atoms with Crippen LogP contribution in [0.5, 0.6) is 23.0 Å². The van der Waals surface area contributed by atoms with E-state index in [1.807, 2.05) is 61.5 Å². The van der Waals surface area contributed by atoms with Crippen LogP contribution in [-0.4, -0.2) is 20.1 Å². The van der Waals surface area contributed by atoms with Crippen LogP contribution in [0.1, 0.15) is 11.1 Å². The molecule has 0 aliphatic rings. The molecule has 0 aromatic heterocycles. The summed E-state index contributed by atoms with van der Waals surface area (Å²) in [5.41, 5.74) is 2.60. The highest BCUT2D eigenvalue weighted by molar-refractivity contribution is 5.93. The van der Waals surface area contributed by atoms with Gasteiger partial charge in [0.25, 0.3) is 0 Å². The molecule has 0 radical (unpaired) electrons. The molecule has 3 aromatic rings. The number of hydrogen-bond acceptors (Lipinski definition) is 4. The number of methoxy groups -OCH3 is 2. The van der Waals surface area contributed by atoms with E-state index < -0.39 is 0 Å². The van der Waals surface area contributed by atoms with Gasteiger partial charge < -0.3 is 19.5 Å². The van der Waals surface area contributed by atoms with Crippen molar-refractivity contribution in [3.63, 3.8) is 0 Å². The molecule has 5 heteroatoms. The van der Waals surface area contributed by atoms with Crippen LogP contribution >= 0.6 is 0 Å². The third-order valence-electron chi connectivity index (χ3n) is 4.22. The summed E-state index contributed by atoms with van der Waals surface area (Å²) in [6.07, 6.45) is 0.208. The van der Waals surface area contributed by atoms with E-state index in [1.54, 1.807) is 26.4 Å². The fourth-order valence-corrected chi connectivity index (χ4v) is 2.76. The molecule has 0 saturated carbocycles. The van der Waals surface area contributed by atoms with Crippen LogP contribution in [0.15, 0.2) is 66.7 Å². The molecule has 0 atom stereocenters. The van der Waals surface area contributed by atoms with Crippen molar-refractivity contribution in [2.45, 2.75) is 13.3 Å². The van der Waals surface area contributed by atoms with Crippen molar-refractivity contribution in [3.05, 3.63) is 77.9 Å². The number of carbonyl (C=O) groups is 1. The average molecular weight is 377 g/mol. The SMILES string of the molecule is COc1ccc(CC(=O)Nc2ccccc2Oc2ccc(C)cc2)cc1OC. The van der Waals surface area contributed by atoms with Crippen molar-refractivity contribution in [3.8, 4) is 23.0 Å². The standard InChI is InChI=1S/C23H23NO4/c1-16-8-11-18(12-9-16)28-20-7-5-4-6-19(20)24-23(25)15-17-10-13-21(26-2)22(14-17)27-3/h4-14H,15H2,1-3H3,(H,24,25). The molecule has 0 unspecified atom stereocenters. The maximum Gasteiger partial charge on any atom is 0.228 e. The minimum atomic E-state index is -0.146. The first-order chi connectivity index (χ1) is 13.6. The minimum absolute atomic E-state index is 0.146. The number of rotatable bonds is 7. The van der Waals surface area contributed by atoms with E-state index in [4.69, 9.17) is 14.2 Å². The van der Waals surface area contributed by atoms with Crippen LogP contribution in [-0.2, 0) is 11.2 Å². The van der Waals surface area contributed by atoms with Gasteiger partial charge in [-0.15, -0.1) is 0 Å². The van der Waals surface area contributed by atoms with Crippen LogP contribution in [0.25, 0.3) is 0 Å². The monoisotopic (exact) mass is 377 g/mol. The van der Waals surface area contributed by atoms with Crippen LogP contribution < -0.4 is 19.5 Å². The van der Waals surface area contributed by atoms with Gasteiger partial charge in [0.05, 0.1) is 26.3 Å². The summed E-state index contributed by atoms with van der Waals surface area (Å²) in [4.78, 5) is 12.5. The number of benzene rings is 3. The van der Waals surface area contributed by atoms with Gasteiger partial charge in [-0.3, -0.25) is 4.79 Å². The molecular formula is C23H23NO4. The maximum absolute atomic E-state index is 12.5. The Morgan fingerprint density at radius 1 is 0.857 bits per heavy atom. The van der Waals surface area contributed by atoms with E-state index in [9.17, 15) is 4.79 Å². The number of carbonyl (C=O) groups excluding carboxylic acids is 1. The number of amides is 1. The fraction of sp³-hybridized carbons (Fsp3) is 0.174. The van der Waals surface area contributed by atoms with E-state index in [0.29, 0.717) is 28.7 Å². The summed E-state index contributed by atoms with van der Waals surface area (Å²) in [6.45, 7) is 2.02. The molecule has 0 aliphatic carbocycles. The molecule has 3 rings (SSSR count). The van der Waals surface area contributed by atoms with Crippen LogP contribution in [0.4, 0.5) is 5.69 Å². The van der Waals surface area contributed by atoms with Crippen LogP contribution in [0, 0.1) is 6.92 Å². The van der Waals surface area contributed by atoms with Crippen molar-refractivity contribution in [2.75, 3.05) is 19.5 Å². The molecule has 0 heterocycles. The maximum atomic E-state index is 12.5. The lowest BCUT2D eigenvalue weighted by Crippen LogP contribution is -2.15. The van der Waals surface area contributed by atoms with Gasteiger partial charge in [-0.1, -0.05) is 35.9 Å². The molecule has 3 aromatic carbocycles. The highest BCUT2D eigenvalue weighted by atomic mass is 16.5. The van der Waals surface area contributed by atoms with Gasteiger partial charge in [0, 0.05) is 0 Å². The van der Waals surface area contributed by atoms with E-state index in [2.05, 4.69) is 5.32 Å². The van der Waals surface area contributed by atoms with E-state index >= 15 is 0 Å². The summed E-state index contributed by atoms with van der Waals surface area (Å²) in [6, 6.07) is 20.6. The first-order valence-electron chi connectivity index (χ1n) is 8.93. The lowest BCUT2D eigenvalue weighted by Gasteiger charge is -2.13. The average Bonchev–Trinajstić information content (AvgIpc) is 2.71. The van der Waals surface area contributed by atoms with E-state index in [0.717, 1.165) is 11.1 Å². The molecule has 1 amide bonds.